The van der Waals surface area contributed by atoms with E-state index in [1.165, 1.54) is 24.7 Å². The number of tetrazole rings is 1. The minimum Gasteiger partial charge on any atom is -0.371 e. The van der Waals surface area contributed by atoms with Gasteiger partial charge < -0.3 is 9.80 Å². The van der Waals surface area contributed by atoms with Crippen molar-refractivity contribution in [2.75, 3.05) is 22.9 Å². The van der Waals surface area contributed by atoms with Crippen LogP contribution in [-0.2, 0) is 25.9 Å². The van der Waals surface area contributed by atoms with Gasteiger partial charge in [0, 0.05) is 30.3 Å². The zero-order valence-corrected chi connectivity index (χ0v) is 23.0. The maximum atomic E-state index is 14.2. The number of aryl methyl sites for hydroxylation is 2. The number of alkyl halides is 6. The molecule has 0 spiro atoms. The highest BCUT2D eigenvalue weighted by atomic mass is 35.5. The Morgan fingerprint density at radius 1 is 1.00 bits per heavy atom. The topological polar surface area (TPSA) is 50.1 Å². The summed E-state index contributed by atoms with van der Waals surface area (Å²) >= 11 is 6.08. The first-order valence-electron chi connectivity index (χ1n) is 13.1. The Morgan fingerprint density at radius 2 is 1.73 bits per heavy atom. The number of rotatable bonds is 6. The molecular formula is C27H29ClF6N6. The van der Waals surface area contributed by atoms with Crippen molar-refractivity contribution in [1.82, 2.24) is 20.2 Å². The molecule has 0 radical (unpaired) electrons. The monoisotopic (exact) mass is 586 g/mol. The van der Waals surface area contributed by atoms with E-state index in [1.54, 1.807) is 18.0 Å². The summed E-state index contributed by atoms with van der Waals surface area (Å²) in [5, 5.41) is 12.3. The molecule has 3 aromatic rings. The second-order valence-electron chi connectivity index (χ2n) is 10.7. The van der Waals surface area contributed by atoms with E-state index in [-0.39, 0.29) is 34.2 Å². The summed E-state index contributed by atoms with van der Waals surface area (Å²) in [6, 6.07) is 4.38. The molecule has 0 unspecified atom stereocenters. The van der Waals surface area contributed by atoms with E-state index in [1.807, 2.05) is 0 Å². The number of anilines is 2. The zero-order chi connectivity index (χ0) is 29.0. The van der Waals surface area contributed by atoms with E-state index in [2.05, 4.69) is 20.3 Å². The summed E-state index contributed by atoms with van der Waals surface area (Å²) in [4.78, 5) is 5.02. The second kappa shape index (κ2) is 10.4. The number of benzene rings is 2. The number of halogens is 7. The van der Waals surface area contributed by atoms with Gasteiger partial charge in [-0.05, 0) is 91.1 Å². The van der Waals surface area contributed by atoms with Crippen LogP contribution in [0.2, 0.25) is 5.02 Å². The Labute approximate surface area is 232 Å². The summed E-state index contributed by atoms with van der Waals surface area (Å²) in [5.41, 5.74) is 0.186. The van der Waals surface area contributed by atoms with Gasteiger partial charge in [0.2, 0.25) is 0 Å². The Morgan fingerprint density at radius 3 is 2.33 bits per heavy atom. The molecule has 1 fully saturated rings. The lowest BCUT2D eigenvalue weighted by molar-refractivity contribution is -0.139. The van der Waals surface area contributed by atoms with Crippen molar-refractivity contribution in [3.63, 3.8) is 0 Å². The molecule has 0 bridgehead atoms. The summed E-state index contributed by atoms with van der Waals surface area (Å²) in [6.45, 7) is 4.13. The van der Waals surface area contributed by atoms with Gasteiger partial charge >= 0.3 is 12.4 Å². The zero-order valence-electron chi connectivity index (χ0n) is 22.2. The van der Waals surface area contributed by atoms with Crippen molar-refractivity contribution in [3.05, 3.63) is 62.7 Å². The average molecular weight is 587 g/mol. The van der Waals surface area contributed by atoms with Crippen molar-refractivity contribution in [1.29, 1.82) is 0 Å². The van der Waals surface area contributed by atoms with Crippen LogP contribution in [0.25, 0.3) is 0 Å². The number of aromatic nitrogens is 4. The molecule has 5 rings (SSSR count). The standard InChI is InChI=1S/C27H29ClF6N6/c1-15-9-21-22(5-4-8-39(13-17-6-7-17)24(21)16(2)23(15)27(32,33)34)40(25-35-37-38(3)36-25)14-18-10-19(26(29,30)31)12-20(28)11-18/h9-12,17,22H,4-8,13-14H2,1-3H3/t22-/m0/s1. The second-order valence-corrected chi connectivity index (χ2v) is 11.2. The van der Waals surface area contributed by atoms with Gasteiger partial charge in [-0.2, -0.15) is 31.1 Å². The third-order valence-electron chi connectivity index (χ3n) is 7.58. The van der Waals surface area contributed by atoms with E-state index in [4.69, 9.17) is 11.6 Å². The van der Waals surface area contributed by atoms with Crippen molar-refractivity contribution >= 4 is 23.2 Å². The van der Waals surface area contributed by atoms with Crippen LogP contribution in [0.1, 0.15) is 65.1 Å². The van der Waals surface area contributed by atoms with E-state index in [9.17, 15) is 26.3 Å². The molecule has 1 atom stereocenters. The van der Waals surface area contributed by atoms with E-state index >= 15 is 0 Å². The van der Waals surface area contributed by atoms with Crippen LogP contribution in [0.15, 0.2) is 24.3 Å². The van der Waals surface area contributed by atoms with E-state index in [0.29, 0.717) is 43.1 Å². The summed E-state index contributed by atoms with van der Waals surface area (Å²) in [7, 11) is 1.57. The lowest BCUT2D eigenvalue weighted by Gasteiger charge is -2.34. The number of fused-ring (bicyclic) bond motifs is 1. The Hall–Kier alpha value is -3.02. The summed E-state index contributed by atoms with van der Waals surface area (Å²) in [6.07, 6.45) is -5.86. The van der Waals surface area contributed by atoms with Crippen molar-refractivity contribution in [2.24, 2.45) is 13.0 Å². The van der Waals surface area contributed by atoms with Crippen LogP contribution in [0.3, 0.4) is 0 Å². The van der Waals surface area contributed by atoms with Gasteiger partial charge in [0.25, 0.3) is 5.95 Å². The van der Waals surface area contributed by atoms with Gasteiger partial charge in [-0.15, -0.1) is 5.10 Å². The molecule has 40 heavy (non-hydrogen) atoms. The minimum absolute atomic E-state index is 0.0544. The van der Waals surface area contributed by atoms with Crippen LogP contribution in [0.5, 0.6) is 0 Å². The lowest BCUT2D eigenvalue weighted by Crippen LogP contribution is -2.31. The smallest absolute Gasteiger partial charge is 0.371 e. The largest absolute Gasteiger partial charge is 0.416 e. The molecule has 1 aliphatic heterocycles. The molecule has 2 aromatic carbocycles. The third kappa shape index (κ3) is 5.87. The first-order chi connectivity index (χ1) is 18.7. The predicted octanol–water partition coefficient (Wildman–Crippen LogP) is 7.28. The van der Waals surface area contributed by atoms with Gasteiger partial charge in [0.15, 0.2) is 0 Å². The Kier molecular flexibility index (Phi) is 7.43. The highest BCUT2D eigenvalue weighted by Gasteiger charge is 2.40. The molecule has 1 aromatic heterocycles. The predicted molar refractivity (Wildman–Crippen MR) is 139 cm³/mol. The van der Waals surface area contributed by atoms with Crippen LogP contribution in [-0.4, -0.2) is 33.3 Å². The molecular weight excluding hydrogens is 558 g/mol. The highest BCUT2D eigenvalue weighted by molar-refractivity contribution is 6.30. The Balaban J connectivity index is 1.66. The fraction of sp³-hybridized carbons (Fsp3) is 0.519. The molecule has 0 saturated heterocycles. The molecule has 0 N–H and O–H groups in total. The maximum absolute atomic E-state index is 14.2. The Bertz CT molecular complexity index is 1400. The first-order valence-corrected chi connectivity index (χ1v) is 13.4. The summed E-state index contributed by atoms with van der Waals surface area (Å²) in [5.74, 6) is 0.599. The van der Waals surface area contributed by atoms with Crippen LogP contribution >= 0.6 is 11.6 Å². The number of hydrogen-bond donors (Lipinski definition) is 0. The van der Waals surface area contributed by atoms with Crippen LogP contribution in [0.4, 0.5) is 38.0 Å². The normalized spacial score (nSPS) is 18.1. The fourth-order valence-electron chi connectivity index (χ4n) is 5.79. The fourth-order valence-corrected chi connectivity index (χ4v) is 6.04. The quantitative estimate of drug-likeness (QED) is 0.284. The molecule has 216 valence electrons. The molecule has 0 amide bonds. The summed E-state index contributed by atoms with van der Waals surface area (Å²) < 4.78 is 83.4. The van der Waals surface area contributed by atoms with Gasteiger partial charge in [-0.3, -0.25) is 0 Å². The minimum atomic E-state index is -4.60. The van der Waals surface area contributed by atoms with Gasteiger partial charge in [-0.1, -0.05) is 22.8 Å². The molecule has 6 nitrogen and oxygen atoms in total. The van der Waals surface area contributed by atoms with Crippen LogP contribution in [0, 0.1) is 19.8 Å². The third-order valence-corrected chi connectivity index (χ3v) is 7.80. The molecule has 1 aliphatic carbocycles. The van der Waals surface area contributed by atoms with Crippen molar-refractivity contribution in [2.45, 2.75) is 64.5 Å². The van der Waals surface area contributed by atoms with Crippen molar-refractivity contribution in [3.8, 4) is 0 Å². The molecule has 2 aliphatic rings. The molecule has 13 heteroatoms. The van der Waals surface area contributed by atoms with Crippen molar-refractivity contribution < 1.29 is 26.3 Å². The molecule has 1 saturated carbocycles. The highest BCUT2D eigenvalue weighted by Crippen LogP contribution is 2.47. The maximum Gasteiger partial charge on any atom is 0.416 e. The van der Waals surface area contributed by atoms with Gasteiger partial charge in [0.1, 0.15) is 0 Å². The van der Waals surface area contributed by atoms with E-state index < -0.39 is 29.5 Å². The SMILES string of the molecule is Cc1cc2c(c(C)c1C(F)(F)F)N(CC1CC1)CCC[C@@H]2N(Cc1cc(Cl)cc(C(F)(F)F)c1)c1nnn(C)n1. The average Bonchev–Trinajstić information content (AvgIpc) is 3.58. The lowest BCUT2D eigenvalue weighted by atomic mass is 9.90. The van der Waals surface area contributed by atoms with Gasteiger partial charge in [-0.25, -0.2) is 0 Å². The van der Waals surface area contributed by atoms with Gasteiger partial charge in [0.05, 0.1) is 24.2 Å². The number of nitrogens with zero attached hydrogens (tertiary/aromatic N) is 6. The first kappa shape index (κ1) is 28.5. The van der Waals surface area contributed by atoms with E-state index in [0.717, 1.165) is 25.0 Å². The van der Waals surface area contributed by atoms with Crippen LogP contribution < -0.4 is 9.80 Å². The number of hydrogen-bond acceptors (Lipinski definition) is 5. The molecule has 2 heterocycles.